The zero-order valence-corrected chi connectivity index (χ0v) is 12.3. The molecule has 21 heavy (non-hydrogen) atoms. The molecule has 4 rings (SSSR count). The quantitative estimate of drug-likeness (QED) is 0.556. The monoisotopic (exact) mass is 291 g/mol. The highest BCUT2D eigenvalue weighted by atomic mass is 32.2. The topological polar surface area (TPSA) is 29.9 Å². The second-order valence-electron chi connectivity index (χ2n) is 5.09. The third-order valence-electron chi connectivity index (χ3n) is 3.62. The molecule has 0 unspecified atom stereocenters. The molecule has 1 heterocycles. The van der Waals surface area contributed by atoms with Crippen LogP contribution in [0.25, 0.3) is 21.8 Å². The SMILES string of the molecule is c1ccc2cc(CSc3[nH]c4ccccc4[nH+]3)ccc2c1. The van der Waals surface area contributed by atoms with Crippen molar-refractivity contribution in [2.24, 2.45) is 0 Å². The van der Waals surface area contributed by atoms with Gasteiger partial charge in [-0.25, -0.2) is 9.97 Å². The molecule has 0 radical (unpaired) electrons. The maximum atomic E-state index is 3.41. The lowest BCUT2D eigenvalue weighted by Crippen LogP contribution is -2.01. The van der Waals surface area contributed by atoms with E-state index >= 15 is 0 Å². The minimum atomic E-state index is 0.953. The van der Waals surface area contributed by atoms with Crippen molar-refractivity contribution in [1.29, 1.82) is 0 Å². The Kier molecular flexibility index (Phi) is 3.13. The minimum absolute atomic E-state index is 0.953. The number of benzene rings is 3. The summed E-state index contributed by atoms with van der Waals surface area (Å²) in [5.74, 6) is 0.953. The molecule has 0 fully saturated rings. The van der Waals surface area contributed by atoms with E-state index in [2.05, 4.69) is 64.6 Å². The number of aromatic amines is 2. The van der Waals surface area contributed by atoms with Crippen LogP contribution in [0.15, 0.2) is 71.9 Å². The zero-order chi connectivity index (χ0) is 14.1. The average Bonchev–Trinajstić information content (AvgIpc) is 2.95. The van der Waals surface area contributed by atoms with Crippen LogP contribution >= 0.6 is 11.8 Å². The van der Waals surface area contributed by atoms with E-state index in [4.69, 9.17) is 0 Å². The van der Waals surface area contributed by atoms with Crippen LogP contribution in [0, 0.1) is 0 Å². The van der Waals surface area contributed by atoms with Crippen molar-refractivity contribution in [2.45, 2.75) is 10.9 Å². The van der Waals surface area contributed by atoms with Crippen LogP contribution in [0.5, 0.6) is 0 Å². The Morgan fingerprint density at radius 3 is 2.57 bits per heavy atom. The van der Waals surface area contributed by atoms with Crippen molar-refractivity contribution in [3.8, 4) is 0 Å². The lowest BCUT2D eigenvalue weighted by molar-refractivity contribution is -0.396. The minimum Gasteiger partial charge on any atom is -0.231 e. The zero-order valence-electron chi connectivity index (χ0n) is 11.5. The van der Waals surface area contributed by atoms with E-state index in [1.807, 2.05) is 12.1 Å². The predicted molar refractivity (Wildman–Crippen MR) is 88.4 cm³/mol. The standard InChI is InChI=1S/C18H14N2S/c1-2-6-15-11-13(9-10-14(15)5-1)12-21-18-19-16-7-3-4-8-17(16)20-18/h1-11H,12H2,(H,19,20)/p+1. The molecular weight excluding hydrogens is 276 g/mol. The molecule has 0 aliphatic carbocycles. The van der Waals surface area contributed by atoms with Crippen molar-refractivity contribution >= 4 is 33.6 Å². The normalized spacial score (nSPS) is 11.2. The Morgan fingerprint density at radius 2 is 1.67 bits per heavy atom. The molecule has 3 aromatic carbocycles. The third-order valence-corrected chi connectivity index (χ3v) is 4.59. The number of imidazole rings is 1. The molecule has 0 atom stereocenters. The average molecular weight is 291 g/mol. The lowest BCUT2D eigenvalue weighted by Gasteiger charge is -2.01. The Balaban J connectivity index is 1.57. The van der Waals surface area contributed by atoms with Gasteiger partial charge < -0.3 is 0 Å². The van der Waals surface area contributed by atoms with E-state index in [1.165, 1.54) is 16.3 Å². The molecule has 1 aromatic heterocycles. The first-order valence-electron chi connectivity index (χ1n) is 6.99. The van der Waals surface area contributed by atoms with Gasteiger partial charge in [0.15, 0.2) is 11.0 Å². The van der Waals surface area contributed by atoms with Gasteiger partial charge in [0.05, 0.1) is 0 Å². The van der Waals surface area contributed by atoms with Crippen LogP contribution in [0.4, 0.5) is 0 Å². The first-order valence-corrected chi connectivity index (χ1v) is 7.97. The van der Waals surface area contributed by atoms with Gasteiger partial charge in [0.2, 0.25) is 0 Å². The second kappa shape index (κ2) is 5.26. The van der Waals surface area contributed by atoms with Crippen LogP contribution < -0.4 is 4.98 Å². The summed E-state index contributed by atoms with van der Waals surface area (Å²) in [5.41, 5.74) is 3.64. The molecule has 102 valence electrons. The fourth-order valence-electron chi connectivity index (χ4n) is 2.53. The first kappa shape index (κ1) is 12.5. The van der Waals surface area contributed by atoms with Gasteiger partial charge in [-0.1, -0.05) is 54.6 Å². The molecule has 0 amide bonds. The number of hydrogen-bond acceptors (Lipinski definition) is 1. The Labute approximate surface area is 127 Å². The number of para-hydroxylation sites is 2. The van der Waals surface area contributed by atoms with Crippen molar-refractivity contribution in [1.82, 2.24) is 4.98 Å². The van der Waals surface area contributed by atoms with E-state index in [0.717, 1.165) is 21.9 Å². The molecule has 4 aromatic rings. The van der Waals surface area contributed by atoms with E-state index in [-0.39, 0.29) is 0 Å². The number of thioether (sulfide) groups is 1. The maximum Gasteiger partial charge on any atom is 0.314 e. The first-order chi connectivity index (χ1) is 10.4. The summed E-state index contributed by atoms with van der Waals surface area (Å²) < 4.78 is 0. The predicted octanol–water partition coefficient (Wildman–Crippen LogP) is 4.43. The highest BCUT2D eigenvalue weighted by Gasteiger charge is 2.09. The van der Waals surface area contributed by atoms with E-state index < -0.39 is 0 Å². The number of nitrogens with one attached hydrogen (secondary N) is 2. The summed E-state index contributed by atoms with van der Waals surface area (Å²) in [4.78, 5) is 6.82. The van der Waals surface area contributed by atoms with Crippen LogP contribution in [0.3, 0.4) is 0 Å². The molecule has 0 spiro atoms. The Hall–Kier alpha value is -2.26. The number of aromatic nitrogens is 2. The summed E-state index contributed by atoms with van der Waals surface area (Å²) in [6.07, 6.45) is 0. The van der Waals surface area contributed by atoms with Gasteiger partial charge >= 0.3 is 5.16 Å². The Bertz CT molecular complexity index is 878. The smallest absolute Gasteiger partial charge is 0.231 e. The van der Waals surface area contributed by atoms with Gasteiger partial charge in [-0.05, 0) is 40.2 Å². The van der Waals surface area contributed by atoms with Crippen LogP contribution in [0.1, 0.15) is 5.56 Å². The van der Waals surface area contributed by atoms with E-state index in [1.54, 1.807) is 11.8 Å². The molecule has 2 nitrogen and oxygen atoms in total. The Morgan fingerprint density at radius 1 is 0.857 bits per heavy atom. The highest BCUT2D eigenvalue weighted by Crippen LogP contribution is 2.23. The largest absolute Gasteiger partial charge is 0.314 e. The summed E-state index contributed by atoms with van der Waals surface area (Å²) in [7, 11) is 0. The summed E-state index contributed by atoms with van der Waals surface area (Å²) in [6, 6.07) is 23.4. The number of hydrogen-bond donors (Lipinski definition) is 1. The lowest BCUT2D eigenvalue weighted by atomic mass is 10.1. The van der Waals surface area contributed by atoms with Crippen molar-refractivity contribution in [3.05, 3.63) is 72.3 Å². The molecule has 0 saturated heterocycles. The molecule has 0 saturated carbocycles. The molecule has 0 aliphatic heterocycles. The van der Waals surface area contributed by atoms with Crippen LogP contribution in [-0.4, -0.2) is 4.98 Å². The van der Waals surface area contributed by atoms with Gasteiger partial charge in [0, 0.05) is 5.75 Å². The number of fused-ring (bicyclic) bond motifs is 2. The van der Waals surface area contributed by atoms with Gasteiger partial charge in [-0.2, -0.15) is 0 Å². The molecular formula is C18H15N2S+. The van der Waals surface area contributed by atoms with Crippen LogP contribution in [0.2, 0.25) is 0 Å². The van der Waals surface area contributed by atoms with Gasteiger partial charge in [0.1, 0.15) is 0 Å². The fraction of sp³-hybridized carbons (Fsp3) is 0.0556. The van der Waals surface area contributed by atoms with Crippen molar-refractivity contribution < 1.29 is 4.98 Å². The van der Waals surface area contributed by atoms with Crippen molar-refractivity contribution in [3.63, 3.8) is 0 Å². The molecule has 0 aliphatic rings. The molecule has 2 N–H and O–H groups in total. The molecule has 0 bridgehead atoms. The summed E-state index contributed by atoms with van der Waals surface area (Å²) >= 11 is 1.80. The number of H-pyrrole nitrogens is 2. The third kappa shape index (κ3) is 2.52. The van der Waals surface area contributed by atoms with Gasteiger partial charge in [-0.15, -0.1) is 0 Å². The number of rotatable bonds is 3. The van der Waals surface area contributed by atoms with Gasteiger partial charge in [-0.3, -0.25) is 0 Å². The maximum absolute atomic E-state index is 3.41. The van der Waals surface area contributed by atoms with Gasteiger partial charge in [0.25, 0.3) is 0 Å². The second-order valence-corrected chi connectivity index (χ2v) is 6.08. The fourth-order valence-corrected chi connectivity index (χ4v) is 3.39. The highest BCUT2D eigenvalue weighted by molar-refractivity contribution is 7.98. The van der Waals surface area contributed by atoms with Crippen molar-refractivity contribution in [2.75, 3.05) is 0 Å². The summed E-state index contributed by atoms with van der Waals surface area (Å²) in [5, 5.41) is 3.70. The molecule has 3 heteroatoms. The van der Waals surface area contributed by atoms with Crippen LogP contribution in [-0.2, 0) is 5.75 Å². The van der Waals surface area contributed by atoms with E-state index in [9.17, 15) is 0 Å². The summed E-state index contributed by atoms with van der Waals surface area (Å²) in [6.45, 7) is 0. The van der Waals surface area contributed by atoms with E-state index in [0.29, 0.717) is 0 Å².